The maximum absolute atomic E-state index is 14.9. The summed E-state index contributed by atoms with van der Waals surface area (Å²) in [6.07, 6.45) is 5.09. The number of imidazole rings is 1. The summed E-state index contributed by atoms with van der Waals surface area (Å²) in [6, 6.07) is 12.0. The molecule has 2 aromatic heterocycles. The first-order valence-corrected chi connectivity index (χ1v) is 10.4. The number of nitrogens with one attached hydrogen (secondary N) is 1. The lowest BCUT2D eigenvalue weighted by Crippen LogP contribution is -2.17. The lowest BCUT2D eigenvalue weighted by atomic mass is 10.2. The molecule has 0 aliphatic carbocycles. The minimum absolute atomic E-state index is 0.0187. The Morgan fingerprint density at radius 3 is 2.53 bits per heavy atom. The van der Waals surface area contributed by atoms with Gasteiger partial charge in [0, 0.05) is 36.0 Å². The molecule has 2 heterocycles. The average molecular weight is 460 g/mol. The van der Waals surface area contributed by atoms with Crippen molar-refractivity contribution >= 4 is 11.6 Å². The number of nitriles is 1. The number of nitrogens with zero attached hydrogens (tertiary/aromatic N) is 5. The second-order valence-corrected chi connectivity index (χ2v) is 8.12. The van der Waals surface area contributed by atoms with Crippen LogP contribution >= 0.6 is 0 Å². The first-order chi connectivity index (χ1) is 16.3. The quantitative estimate of drug-likeness (QED) is 0.462. The fourth-order valence-electron chi connectivity index (χ4n) is 3.64. The van der Waals surface area contributed by atoms with Gasteiger partial charge in [-0.05, 0) is 63.0 Å². The van der Waals surface area contributed by atoms with Gasteiger partial charge in [-0.1, -0.05) is 0 Å². The van der Waals surface area contributed by atoms with Gasteiger partial charge in [0.15, 0.2) is 0 Å². The predicted molar refractivity (Wildman–Crippen MR) is 124 cm³/mol. The molecule has 4 rings (SSSR count). The van der Waals surface area contributed by atoms with Gasteiger partial charge in [0.05, 0.1) is 17.8 Å². The molecule has 1 N–H and O–H groups in total. The van der Waals surface area contributed by atoms with Crippen molar-refractivity contribution in [2.45, 2.75) is 13.5 Å². The van der Waals surface area contributed by atoms with E-state index in [-0.39, 0.29) is 16.9 Å². The van der Waals surface area contributed by atoms with Gasteiger partial charge in [0.1, 0.15) is 29.2 Å². The van der Waals surface area contributed by atoms with Gasteiger partial charge in [0.25, 0.3) is 5.91 Å². The third-order valence-corrected chi connectivity index (χ3v) is 5.19. The number of hydrogen-bond acceptors (Lipinski definition) is 4. The predicted octanol–water partition coefficient (Wildman–Crippen LogP) is 4.44. The molecule has 0 saturated carbocycles. The Morgan fingerprint density at radius 1 is 1.09 bits per heavy atom. The zero-order chi connectivity index (χ0) is 24.4. The molecular weight excluding hydrogens is 438 g/mol. The summed E-state index contributed by atoms with van der Waals surface area (Å²) in [7, 11) is 3.84. The number of aromatic nitrogens is 3. The van der Waals surface area contributed by atoms with E-state index in [1.165, 1.54) is 34.9 Å². The van der Waals surface area contributed by atoms with Gasteiger partial charge < -0.3 is 19.4 Å². The zero-order valence-corrected chi connectivity index (χ0v) is 18.9. The molecule has 0 atom stereocenters. The van der Waals surface area contributed by atoms with E-state index in [2.05, 4.69) is 10.3 Å². The summed E-state index contributed by atoms with van der Waals surface area (Å²) in [5, 5.41) is 11.7. The third-order valence-electron chi connectivity index (χ3n) is 5.19. The van der Waals surface area contributed by atoms with Gasteiger partial charge in [0.2, 0.25) is 0 Å². The highest BCUT2D eigenvalue weighted by Gasteiger charge is 2.17. The zero-order valence-electron chi connectivity index (χ0n) is 18.9. The number of halogens is 2. The van der Waals surface area contributed by atoms with Crippen molar-refractivity contribution in [3.63, 3.8) is 0 Å². The van der Waals surface area contributed by atoms with Crippen LogP contribution in [0.5, 0.6) is 0 Å². The van der Waals surface area contributed by atoms with Crippen molar-refractivity contribution in [2.24, 2.45) is 0 Å². The van der Waals surface area contributed by atoms with Gasteiger partial charge in [-0.25, -0.2) is 13.8 Å². The normalized spacial score (nSPS) is 11.0. The molecule has 0 unspecified atom stereocenters. The second-order valence-electron chi connectivity index (χ2n) is 8.12. The highest BCUT2D eigenvalue weighted by Crippen LogP contribution is 2.23. The van der Waals surface area contributed by atoms with E-state index < -0.39 is 17.5 Å². The van der Waals surface area contributed by atoms with Crippen LogP contribution in [0.4, 0.5) is 14.5 Å². The number of carbonyl (C=O) groups is 1. The van der Waals surface area contributed by atoms with E-state index in [1.807, 2.05) is 19.0 Å². The molecule has 1 amide bonds. The van der Waals surface area contributed by atoms with Crippen molar-refractivity contribution in [2.75, 3.05) is 19.4 Å². The highest BCUT2D eigenvalue weighted by atomic mass is 19.1. The number of aryl methyl sites for hydroxylation is 1. The van der Waals surface area contributed by atoms with Crippen molar-refractivity contribution in [1.82, 2.24) is 19.0 Å². The van der Waals surface area contributed by atoms with E-state index in [1.54, 1.807) is 48.3 Å². The smallest absolute Gasteiger partial charge is 0.272 e. The van der Waals surface area contributed by atoms with Gasteiger partial charge >= 0.3 is 0 Å². The molecule has 9 heteroatoms. The Hall–Kier alpha value is -4.29. The van der Waals surface area contributed by atoms with Crippen LogP contribution in [0.15, 0.2) is 61.1 Å². The van der Waals surface area contributed by atoms with Crippen LogP contribution in [0.3, 0.4) is 0 Å². The minimum Gasteiger partial charge on any atom is -0.318 e. The second kappa shape index (κ2) is 9.29. The van der Waals surface area contributed by atoms with Crippen LogP contribution in [0.25, 0.3) is 11.4 Å². The van der Waals surface area contributed by atoms with Crippen LogP contribution in [-0.4, -0.2) is 39.0 Å². The molecule has 0 spiro atoms. The first kappa shape index (κ1) is 22.9. The molecule has 34 heavy (non-hydrogen) atoms. The van der Waals surface area contributed by atoms with Gasteiger partial charge in [-0.15, -0.1) is 0 Å². The molecule has 0 bridgehead atoms. The van der Waals surface area contributed by atoms with E-state index in [0.29, 0.717) is 17.9 Å². The summed E-state index contributed by atoms with van der Waals surface area (Å²) >= 11 is 0. The molecule has 0 fully saturated rings. The van der Waals surface area contributed by atoms with E-state index >= 15 is 0 Å². The van der Waals surface area contributed by atoms with E-state index in [9.17, 15) is 13.6 Å². The number of amides is 1. The minimum atomic E-state index is -0.644. The maximum atomic E-state index is 14.9. The molecule has 0 radical (unpaired) electrons. The van der Waals surface area contributed by atoms with Crippen molar-refractivity contribution in [3.05, 3.63) is 95.3 Å². The number of hydrogen-bond donors (Lipinski definition) is 1. The molecule has 0 aliphatic heterocycles. The van der Waals surface area contributed by atoms with Gasteiger partial charge in [-0.2, -0.15) is 5.26 Å². The lowest BCUT2D eigenvalue weighted by Gasteiger charge is -2.14. The SMILES string of the molecule is Cc1cc(C(=O)Nc2ccc(-n3ccnc3CN(C)C)cc2F)n(-c2ccc(F)c(C#N)c2)c1. The maximum Gasteiger partial charge on any atom is 0.272 e. The molecule has 0 saturated heterocycles. The largest absolute Gasteiger partial charge is 0.318 e. The van der Waals surface area contributed by atoms with Crippen molar-refractivity contribution < 1.29 is 13.6 Å². The fraction of sp³-hybridized carbons (Fsp3) is 0.160. The number of carbonyl (C=O) groups excluding carboxylic acids is 1. The topological polar surface area (TPSA) is 78.9 Å². The molecule has 4 aromatic rings. The summed E-state index contributed by atoms with van der Waals surface area (Å²) < 4.78 is 32.0. The van der Waals surface area contributed by atoms with Crippen LogP contribution in [0.2, 0.25) is 0 Å². The summed E-state index contributed by atoms with van der Waals surface area (Å²) in [6.45, 7) is 2.38. The third kappa shape index (κ3) is 4.58. The van der Waals surface area contributed by atoms with Crippen LogP contribution in [-0.2, 0) is 6.54 Å². The molecule has 0 aliphatic rings. The highest BCUT2D eigenvalue weighted by molar-refractivity contribution is 6.04. The Morgan fingerprint density at radius 2 is 1.82 bits per heavy atom. The van der Waals surface area contributed by atoms with Crippen LogP contribution in [0.1, 0.15) is 27.4 Å². The summed E-state index contributed by atoms with van der Waals surface area (Å²) in [5.41, 5.74) is 1.91. The lowest BCUT2D eigenvalue weighted by molar-refractivity contribution is 0.102. The molecular formula is C25H22F2N6O. The Balaban J connectivity index is 1.61. The average Bonchev–Trinajstić information content (AvgIpc) is 3.41. The van der Waals surface area contributed by atoms with Crippen LogP contribution in [0, 0.1) is 29.9 Å². The Bertz CT molecular complexity index is 1410. The summed E-state index contributed by atoms with van der Waals surface area (Å²) in [4.78, 5) is 19.3. The fourth-order valence-corrected chi connectivity index (χ4v) is 3.64. The van der Waals surface area contributed by atoms with Crippen molar-refractivity contribution in [1.29, 1.82) is 5.26 Å². The Labute approximate surface area is 195 Å². The van der Waals surface area contributed by atoms with Crippen molar-refractivity contribution in [3.8, 4) is 17.4 Å². The standard InChI is InChI=1S/C25H22F2N6O/c1-16-10-23(33(14-16)18-4-6-20(26)17(11-18)13-28)25(34)30-22-7-5-19(12-21(22)27)32-9-8-29-24(32)15-31(2)3/h4-12,14H,15H2,1-3H3,(H,30,34). The van der Waals surface area contributed by atoms with E-state index in [0.717, 1.165) is 11.4 Å². The van der Waals surface area contributed by atoms with E-state index in [4.69, 9.17) is 5.26 Å². The molecule has 172 valence electrons. The Kier molecular flexibility index (Phi) is 6.25. The van der Waals surface area contributed by atoms with Gasteiger partial charge in [-0.3, -0.25) is 4.79 Å². The number of benzene rings is 2. The number of rotatable bonds is 6. The first-order valence-electron chi connectivity index (χ1n) is 10.4. The summed E-state index contributed by atoms with van der Waals surface area (Å²) in [5.74, 6) is -1.03. The van der Waals surface area contributed by atoms with Crippen LogP contribution < -0.4 is 5.32 Å². The molecule has 2 aromatic carbocycles. The molecule has 7 nitrogen and oxygen atoms in total. The number of anilines is 1. The monoisotopic (exact) mass is 460 g/mol.